The molecule has 1 aromatic carbocycles. The molecule has 10 heteroatoms. The van der Waals surface area contributed by atoms with Crippen LogP contribution in [0.3, 0.4) is 0 Å². The molecule has 0 radical (unpaired) electrons. The number of halogens is 3. The third kappa shape index (κ3) is 6.23. The van der Waals surface area contributed by atoms with E-state index >= 15 is 0 Å². The Labute approximate surface area is 167 Å². The van der Waals surface area contributed by atoms with Crippen molar-refractivity contribution in [2.24, 2.45) is 4.99 Å². The molecule has 0 amide bonds. The van der Waals surface area contributed by atoms with Gasteiger partial charge in [0.05, 0.1) is 0 Å². The Morgan fingerprint density at radius 3 is 2.34 bits per heavy atom. The summed E-state index contributed by atoms with van der Waals surface area (Å²) in [6.07, 6.45) is -0.552. The zero-order valence-electron chi connectivity index (χ0n) is 16.1. The van der Waals surface area contributed by atoms with Gasteiger partial charge < -0.3 is 19.9 Å². The molecule has 0 saturated carbocycles. The van der Waals surface area contributed by atoms with Gasteiger partial charge >= 0.3 is 6.36 Å². The van der Waals surface area contributed by atoms with Gasteiger partial charge in [0.25, 0.3) is 0 Å². The average molecular weight is 408 g/mol. The maximum Gasteiger partial charge on any atom is 0.573 e. The maximum absolute atomic E-state index is 12.2. The molecular weight excluding hydrogens is 385 g/mol. The van der Waals surface area contributed by atoms with E-state index in [0.717, 1.165) is 43.7 Å². The van der Waals surface area contributed by atoms with E-state index in [2.05, 4.69) is 34.8 Å². The summed E-state index contributed by atoms with van der Waals surface area (Å²) in [5, 5.41) is 3.31. The molecule has 1 N–H and O–H groups in total. The van der Waals surface area contributed by atoms with Crippen molar-refractivity contribution in [3.8, 4) is 5.75 Å². The number of benzene rings is 1. The topological polar surface area (TPSA) is 65.9 Å². The summed E-state index contributed by atoms with van der Waals surface area (Å²) in [6, 6.07) is 7.70. The Hall–Kier alpha value is -3.04. The number of anilines is 1. The summed E-state index contributed by atoms with van der Waals surface area (Å²) < 4.78 is 40.5. The number of nitrogens with zero attached hydrogens (tertiary/aromatic N) is 5. The Morgan fingerprint density at radius 2 is 1.76 bits per heavy atom. The van der Waals surface area contributed by atoms with Gasteiger partial charge in [-0.25, -0.2) is 9.97 Å². The quantitative estimate of drug-likeness (QED) is 0.605. The molecule has 2 aromatic rings. The van der Waals surface area contributed by atoms with Crippen molar-refractivity contribution in [1.82, 2.24) is 20.2 Å². The lowest BCUT2D eigenvalue weighted by Crippen LogP contribution is -2.53. The number of guanidine groups is 1. The predicted molar refractivity (Wildman–Crippen MR) is 104 cm³/mol. The second-order valence-electron chi connectivity index (χ2n) is 6.44. The van der Waals surface area contributed by atoms with E-state index in [9.17, 15) is 13.2 Å². The highest BCUT2D eigenvalue weighted by molar-refractivity contribution is 5.80. The number of piperazine rings is 1. The number of ether oxygens (including phenoxy) is 1. The van der Waals surface area contributed by atoms with Crippen LogP contribution >= 0.6 is 0 Å². The standard InChI is InChI=1S/C19H23F3N6O/c1-23-17(27-11-13-28(14-12-27)18-24-8-2-9-25-18)26-10-7-15-3-5-16(6-4-15)29-19(20,21)22/h2-6,8-9H,7,10-14H2,1H3,(H,23,26). The molecule has 0 atom stereocenters. The summed E-state index contributed by atoms with van der Waals surface area (Å²) in [4.78, 5) is 17.2. The van der Waals surface area contributed by atoms with E-state index in [1.54, 1.807) is 37.6 Å². The highest BCUT2D eigenvalue weighted by Gasteiger charge is 2.30. The molecule has 1 aliphatic rings. The van der Waals surface area contributed by atoms with Crippen molar-refractivity contribution in [3.63, 3.8) is 0 Å². The molecule has 0 unspecified atom stereocenters. The number of aliphatic imine (C=N–C) groups is 1. The first-order valence-electron chi connectivity index (χ1n) is 9.27. The molecule has 1 saturated heterocycles. The number of rotatable bonds is 5. The minimum atomic E-state index is -4.67. The van der Waals surface area contributed by atoms with Gasteiger partial charge in [0.2, 0.25) is 5.95 Å². The fraction of sp³-hybridized carbons (Fsp3) is 0.421. The van der Waals surface area contributed by atoms with Gasteiger partial charge in [-0.05, 0) is 30.2 Å². The first kappa shape index (κ1) is 20.7. The Bertz CT molecular complexity index is 790. The third-order valence-corrected chi connectivity index (χ3v) is 4.48. The van der Waals surface area contributed by atoms with E-state index in [1.807, 2.05) is 0 Å². The van der Waals surface area contributed by atoms with E-state index in [0.29, 0.717) is 13.0 Å². The van der Waals surface area contributed by atoms with Crippen LogP contribution in [0, 0.1) is 0 Å². The third-order valence-electron chi connectivity index (χ3n) is 4.48. The van der Waals surface area contributed by atoms with Crippen molar-refractivity contribution < 1.29 is 17.9 Å². The van der Waals surface area contributed by atoms with E-state index in [-0.39, 0.29) is 5.75 Å². The minimum Gasteiger partial charge on any atom is -0.406 e. The Morgan fingerprint density at radius 1 is 1.10 bits per heavy atom. The second-order valence-corrected chi connectivity index (χ2v) is 6.44. The Kier molecular flexibility index (Phi) is 6.73. The number of hydrogen-bond donors (Lipinski definition) is 1. The van der Waals surface area contributed by atoms with Crippen LogP contribution < -0.4 is 15.0 Å². The molecule has 1 fully saturated rings. The lowest BCUT2D eigenvalue weighted by Gasteiger charge is -2.36. The second kappa shape index (κ2) is 9.44. The average Bonchev–Trinajstić information content (AvgIpc) is 2.72. The van der Waals surface area contributed by atoms with Gasteiger partial charge in [-0.1, -0.05) is 12.1 Å². The van der Waals surface area contributed by atoms with E-state index in [1.165, 1.54) is 12.1 Å². The first-order valence-corrected chi connectivity index (χ1v) is 9.27. The molecule has 29 heavy (non-hydrogen) atoms. The van der Waals surface area contributed by atoms with Crippen molar-refractivity contribution in [3.05, 3.63) is 48.3 Å². The molecule has 7 nitrogen and oxygen atoms in total. The van der Waals surface area contributed by atoms with Gasteiger partial charge in [0.1, 0.15) is 5.75 Å². The molecule has 0 bridgehead atoms. The number of nitrogens with one attached hydrogen (secondary N) is 1. The van der Waals surface area contributed by atoms with Gasteiger partial charge in [-0.15, -0.1) is 13.2 Å². The highest BCUT2D eigenvalue weighted by atomic mass is 19.4. The first-order chi connectivity index (χ1) is 13.9. The summed E-state index contributed by atoms with van der Waals surface area (Å²) in [5.74, 6) is 1.31. The van der Waals surface area contributed by atoms with Gasteiger partial charge in [-0.2, -0.15) is 0 Å². The monoisotopic (exact) mass is 408 g/mol. The molecule has 1 aliphatic heterocycles. The predicted octanol–water partition coefficient (Wildman–Crippen LogP) is 2.32. The van der Waals surface area contributed by atoms with E-state index < -0.39 is 6.36 Å². The molecule has 0 aliphatic carbocycles. The fourth-order valence-corrected chi connectivity index (χ4v) is 3.08. The molecule has 156 valence electrons. The van der Waals surface area contributed by atoms with Crippen LogP contribution in [0.1, 0.15) is 5.56 Å². The summed E-state index contributed by atoms with van der Waals surface area (Å²) in [5.41, 5.74) is 0.911. The summed E-state index contributed by atoms with van der Waals surface area (Å²) in [7, 11) is 1.73. The maximum atomic E-state index is 12.2. The molecule has 3 rings (SSSR count). The highest BCUT2D eigenvalue weighted by Crippen LogP contribution is 2.22. The van der Waals surface area contributed by atoms with Crippen LogP contribution in [0.2, 0.25) is 0 Å². The number of aromatic nitrogens is 2. The van der Waals surface area contributed by atoms with Gasteiger partial charge in [-0.3, -0.25) is 4.99 Å². The van der Waals surface area contributed by atoms with Crippen LogP contribution in [-0.4, -0.2) is 67.0 Å². The van der Waals surface area contributed by atoms with Crippen LogP contribution in [0.15, 0.2) is 47.7 Å². The van der Waals surface area contributed by atoms with Crippen molar-refractivity contribution in [1.29, 1.82) is 0 Å². The SMILES string of the molecule is CN=C(NCCc1ccc(OC(F)(F)F)cc1)N1CCN(c2ncccn2)CC1. The molecule has 1 aromatic heterocycles. The van der Waals surface area contributed by atoms with Crippen molar-refractivity contribution >= 4 is 11.9 Å². The molecule has 2 heterocycles. The van der Waals surface area contributed by atoms with Crippen LogP contribution in [0.4, 0.5) is 19.1 Å². The lowest BCUT2D eigenvalue weighted by atomic mass is 10.1. The smallest absolute Gasteiger partial charge is 0.406 e. The zero-order valence-corrected chi connectivity index (χ0v) is 16.1. The van der Waals surface area contributed by atoms with Crippen LogP contribution in [0.5, 0.6) is 5.75 Å². The fourth-order valence-electron chi connectivity index (χ4n) is 3.08. The Balaban J connectivity index is 1.44. The molecule has 0 spiro atoms. The van der Waals surface area contributed by atoms with Gasteiger partial charge in [0, 0.05) is 52.2 Å². The summed E-state index contributed by atoms with van der Waals surface area (Å²) >= 11 is 0. The minimum absolute atomic E-state index is 0.217. The zero-order chi connectivity index (χ0) is 20.7. The van der Waals surface area contributed by atoms with Crippen LogP contribution in [0.25, 0.3) is 0 Å². The largest absolute Gasteiger partial charge is 0.573 e. The van der Waals surface area contributed by atoms with E-state index in [4.69, 9.17) is 0 Å². The number of hydrogen-bond acceptors (Lipinski definition) is 5. The van der Waals surface area contributed by atoms with Crippen LogP contribution in [-0.2, 0) is 6.42 Å². The normalized spacial score (nSPS) is 15.4. The van der Waals surface area contributed by atoms with Crippen molar-refractivity contribution in [2.75, 3.05) is 44.7 Å². The molecular formula is C19H23F3N6O. The van der Waals surface area contributed by atoms with Gasteiger partial charge in [0.15, 0.2) is 5.96 Å². The summed E-state index contributed by atoms with van der Waals surface area (Å²) in [6.45, 7) is 3.80. The number of alkyl halides is 3. The van der Waals surface area contributed by atoms with Crippen molar-refractivity contribution in [2.45, 2.75) is 12.8 Å². The lowest BCUT2D eigenvalue weighted by molar-refractivity contribution is -0.274.